The summed E-state index contributed by atoms with van der Waals surface area (Å²) in [5.74, 6) is 0.623. The van der Waals surface area contributed by atoms with Gasteiger partial charge in [-0.3, -0.25) is 9.59 Å². The van der Waals surface area contributed by atoms with Gasteiger partial charge in [-0.1, -0.05) is 36.0 Å². The number of aromatic nitrogens is 3. The molecule has 0 spiro atoms. The molecule has 0 aliphatic rings. The quantitative estimate of drug-likeness (QED) is 0.494. The largest absolute Gasteiger partial charge is 0.342 e. The molecule has 2 N–H and O–H groups in total. The second-order valence-corrected chi connectivity index (χ2v) is 8.75. The highest BCUT2D eigenvalue weighted by Gasteiger charge is 2.20. The normalized spacial score (nSPS) is 11.8. The van der Waals surface area contributed by atoms with Crippen LogP contribution in [0, 0.1) is 20.8 Å². The Hall–Kier alpha value is -3.13. The topological polar surface area (TPSA) is 88.9 Å². The predicted octanol–water partition coefficient (Wildman–Crippen LogP) is 4.45. The average Bonchev–Trinajstić information content (AvgIpc) is 3.14. The smallest absolute Gasteiger partial charge is 0.252 e. The third-order valence-corrected chi connectivity index (χ3v) is 5.99. The highest BCUT2D eigenvalue weighted by atomic mass is 32.2. The van der Waals surface area contributed by atoms with E-state index in [-0.39, 0.29) is 23.6 Å². The Balaban J connectivity index is 1.64. The number of nitrogens with one attached hydrogen (secondary N) is 2. The van der Waals surface area contributed by atoms with E-state index in [9.17, 15) is 9.59 Å². The van der Waals surface area contributed by atoms with Crippen molar-refractivity contribution in [1.29, 1.82) is 0 Å². The fourth-order valence-corrected chi connectivity index (χ4v) is 4.37. The zero-order valence-electron chi connectivity index (χ0n) is 19.1. The van der Waals surface area contributed by atoms with E-state index >= 15 is 0 Å². The number of carbonyl (C=O) groups excluding carboxylic acids is 2. The van der Waals surface area contributed by atoms with E-state index in [2.05, 4.69) is 26.9 Å². The average molecular weight is 452 g/mol. The molecule has 0 aliphatic carbocycles. The van der Waals surface area contributed by atoms with Crippen LogP contribution < -0.4 is 10.6 Å². The second-order valence-electron chi connectivity index (χ2n) is 7.81. The van der Waals surface area contributed by atoms with E-state index in [0.717, 1.165) is 22.4 Å². The first-order valence-corrected chi connectivity index (χ1v) is 11.6. The number of thioether (sulfide) groups is 1. The van der Waals surface area contributed by atoms with Crippen LogP contribution in [0.15, 0.2) is 47.6 Å². The molecule has 2 amide bonds. The fourth-order valence-electron chi connectivity index (χ4n) is 3.56. The van der Waals surface area contributed by atoms with Crippen molar-refractivity contribution >= 4 is 29.3 Å². The third-order valence-electron chi connectivity index (χ3n) is 5.02. The van der Waals surface area contributed by atoms with Gasteiger partial charge in [0.15, 0.2) is 11.0 Å². The summed E-state index contributed by atoms with van der Waals surface area (Å²) in [7, 11) is 0. The van der Waals surface area contributed by atoms with Gasteiger partial charge in [0.05, 0.1) is 11.8 Å². The molecule has 168 valence electrons. The molecule has 0 unspecified atom stereocenters. The summed E-state index contributed by atoms with van der Waals surface area (Å²) in [4.78, 5) is 25.1. The van der Waals surface area contributed by atoms with Gasteiger partial charge >= 0.3 is 0 Å². The second kappa shape index (κ2) is 10.5. The molecule has 8 heteroatoms. The van der Waals surface area contributed by atoms with Gasteiger partial charge in [0.1, 0.15) is 0 Å². The molecular weight excluding hydrogens is 422 g/mol. The van der Waals surface area contributed by atoms with Gasteiger partial charge in [-0.05, 0) is 69.5 Å². The third kappa shape index (κ3) is 5.76. The number of benzene rings is 2. The lowest BCUT2D eigenvalue weighted by Crippen LogP contribution is -2.29. The highest BCUT2D eigenvalue weighted by molar-refractivity contribution is 7.99. The summed E-state index contributed by atoms with van der Waals surface area (Å²) in [6, 6.07) is 13.1. The molecule has 0 fully saturated rings. The summed E-state index contributed by atoms with van der Waals surface area (Å²) in [6.07, 6.45) is 0. The van der Waals surface area contributed by atoms with E-state index in [1.54, 1.807) is 6.07 Å². The Bertz CT molecular complexity index is 1110. The summed E-state index contributed by atoms with van der Waals surface area (Å²) < 4.78 is 1.93. The molecule has 2 aromatic carbocycles. The van der Waals surface area contributed by atoms with E-state index < -0.39 is 0 Å². The maximum Gasteiger partial charge on any atom is 0.252 e. The van der Waals surface area contributed by atoms with Crippen molar-refractivity contribution < 1.29 is 9.59 Å². The molecule has 0 radical (unpaired) electrons. The summed E-state index contributed by atoms with van der Waals surface area (Å²) in [5, 5.41) is 15.1. The molecule has 1 aromatic heterocycles. The first-order chi connectivity index (χ1) is 15.3. The van der Waals surface area contributed by atoms with Crippen LogP contribution in [0.1, 0.15) is 52.8 Å². The van der Waals surface area contributed by atoms with E-state index in [4.69, 9.17) is 0 Å². The minimum atomic E-state index is -0.326. The first kappa shape index (κ1) is 23.5. The van der Waals surface area contributed by atoms with Crippen LogP contribution in [-0.2, 0) is 11.3 Å². The number of nitrogens with zero attached hydrogens (tertiary/aromatic N) is 3. The Morgan fingerprint density at radius 1 is 1.06 bits per heavy atom. The van der Waals surface area contributed by atoms with Gasteiger partial charge < -0.3 is 15.2 Å². The van der Waals surface area contributed by atoms with Gasteiger partial charge in [-0.2, -0.15) is 0 Å². The SMILES string of the molecule is CCn1c(SCC(=O)Nc2cc(C)cc(C)c2)nnc1[C@@H](C)NC(=O)c1ccccc1C. The van der Waals surface area contributed by atoms with Crippen LogP contribution in [0.3, 0.4) is 0 Å². The minimum Gasteiger partial charge on any atom is -0.342 e. The zero-order valence-corrected chi connectivity index (χ0v) is 19.9. The van der Waals surface area contributed by atoms with Crippen molar-refractivity contribution in [2.45, 2.75) is 52.4 Å². The van der Waals surface area contributed by atoms with Crippen LogP contribution in [0.4, 0.5) is 5.69 Å². The number of amides is 2. The molecule has 0 aliphatic heterocycles. The van der Waals surface area contributed by atoms with Gasteiger partial charge in [-0.15, -0.1) is 10.2 Å². The highest BCUT2D eigenvalue weighted by Crippen LogP contribution is 2.22. The van der Waals surface area contributed by atoms with E-state index in [1.807, 2.05) is 69.5 Å². The number of hydrogen-bond donors (Lipinski definition) is 2. The van der Waals surface area contributed by atoms with Crippen LogP contribution >= 0.6 is 11.8 Å². The van der Waals surface area contributed by atoms with Crippen molar-refractivity contribution in [1.82, 2.24) is 20.1 Å². The van der Waals surface area contributed by atoms with Gasteiger partial charge in [0.2, 0.25) is 5.91 Å². The minimum absolute atomic E-state index is 0.104. The van der Waals surface area contributed by atoms with Gasteiger partial charge in [-0.25, -0.2) is 0 Å². The lowest BCUT2D eigenvalue weighted by molar-refractivity contribution is -0.113. The number of carbonyl (C=O) groups is 2. The fraction of sp³-hybridized carbons (Fsp3) is 0.333. The first-order valence-electron chi connectivity index (χ1n) is 10.6. The molecule has 1 atom stereocenters. The summed E-state index contributed by atoms with van der Waals surface area (Å²) in [5.41, 5.74) is 4.55. The molecule has 32 heavy (non-hydrogen) atoms. The molecule has 3 rings (SSSR count). The van der Waals surface area contributed by atoms with Crippen molar-refractivity contribution in [3.05, 3.63) is 70.5 Å². The zero-order chi connectivity index (χ0) is 23.3. The van der Waals surface area contributed by atoms with Crippen LogP contribution in [0.25, 0.3) is 0 Å². The molecular formula is C24H29N5O2S. The number of aryl methyl sites for hydroxylation is 3. The molecule has 3 aromatic rings. The van der Waals surface area contributed by atoms with Crippen molar-refractivity contribution in [2.75, 3.05) is 11.1 Å². The standard InChI is InChI=1S/C24H29N5O2S/c1-6-29-22(18(5)25-23(31)20-10-8-7-9-17(20)4)27-28-24(29)32-14-21(30)26-19-12-15(2)11-16(3)13-19/h7-13,18H,6,14H2,1-5H3,(H,25,31)(H,26,30)/t18-/m1/s1. The van der Waals surface area contributed by atoms with Crippen molar-refractivity contribution in [2.24, 2.45) is 0 Å². The number of anilines is 1. The van der Waals surface area contributed by atoms with E-state index in [0.29, 0.717) is 23.1 Å². The lowest BCUT2D eigenvalue weighted by Gasteiger charge is -2.16. The Morgan fingerprint density at radius 3 is 2.41 bits per heavy atom. The molecule has 1 heterocycles. The van der Waals surface area contributed by atoms with Gasteiger partial charge in [0.25, 0.3) is 5.91 Å². The molecule has 7 nitrogen and oxygen atoms in total. The van der Waals surface area contributed by atoms with E-state index in [1.165, 1.54) is 11.8 Å². The van der Waals surface area contributed by atoms with Crippen LogP contribution in [0.2, 0.25) is 0 Å². The Morgan fingerprint density at radius 2 is 1.75 bits per heavy atom. The predicted molar refractivity (Wildman–Crippen MR) is 128 cm³/mol. The summed E-state index contributed by atoms with van der Waals surface area (Å²) in [6.45, 7) is 10.4. The summed E-state index contributed by atoms with van der Waals surface area (Å²) >= 11 is 1.33. The van der Waals surface area contributed by atoms with Crippen molar-refractivity contribution in [3.63, 3.8) is 0 Å². The molecule has 0 saturated heterocycles. The Labute approximate surface area is 193 Å². The number of hydrogen-bond acceptors (Lipinski definition) is 5. The monoisotopic (exact) mass is 451 g/mol. The van der Waals surface area contributed by atoms with Crippen LogP contribution in [0.5, 0.6) is 0 Å². The maximum atomic E-state index is 12.7. The lowest BCUT2D eigenvalue weighted by atomic mass is 10.1. The van der Waals surface area contributed by atoms with Gasteiger partial charge in [0, 0.05) is 17.8 Å². The van der Waals surface area contributed by atoms with Crippen molar-refractivity contribution in [3.8, 4) is 0 Å². The Kier molecular flexibility index (Phi) is 7.69. The van der Waals surface area contributed by atoms with Crippen LogP contribution in [-0.4, -0.2) is 32.3 Å². The molecule has 0 bridgehead atoms. The molecule has 0 saturated carbocycles. The number of rotatable bonds is 8. The maximum absolute atomic E-state index is 12.7.